The SMILES string of the molecule is Cc1cc(C(C)Nc2ccccc2C)c2nc(O)cc(=O)n2c1. The van der Waals surface area contributed by atoms with Crippen molar-refractivity contribution in [3.05, 3.63) is 69.6 Å². The quantitative estimate of drug-likeness (QED) is 0.780. The second-order valence-electron chi connectivity index (χ2n) is 5.80. The Labute approximate surface area is 134 Å². The van der Waals surface area contributed by atoms with Crippen LogP contribution in [0, 0.1) is 13.8 Å². The fourth-order valence-corrected chi connectivity index (χ4v) is 2.72. The highest BCUT2D eigenvalue weighted by Crippen LogP contribution is 2.25. The van der Waals surface area contributed by atoms with Crippen LogP contribution >= 0.6 is 0 Å². The molecular weight excluding hydrogens is 290 g/mol. The average molecular weight is 309 g/mol. The van der Waals surface area contributed by atoms with Crippen LogP contribution in [0.5, 0.6) is 5.88 Å². The monoisotopic (exact) mass is 309 g/mol. The fraction of sp³-hybridized carbons (Fsp3) is 0.222. The molecule has 23 heavy (non-hydrogen) atoms. The minimum absolute atomic E-state index is 0.0697. The van der Waals surface area contributed by atoms with Crippen LogP contribution in [0.2, 0.25) is 0 Å². The van der Waals surface area contributed by atoms with Gasteiger partial charge in [0.15, 0.2) is 0 Å². The lowest BCUT2D eigenvalue weighted by Gasteiger charge is -2.19. The third kappa shape index (κ3) is 2.90. The summed E-state index contributed by atoms with van der Waals surface area (Å²) < 4.78 is 1.47. The molecule has 5 heteroatoms. The molecule has 0 spiro atoms. The first-order valence-corrected chi connectivity index (χ1v) is 7.51. The van der Waals surface area contributed by atoms with Crippen molar-refractivity contribution in [2.75, 3.05) is 5.32 Å². The first-order valence-electron chi connectivity index (χ1n) is 7.51. The number of nitrogens with zero attached hydrogens (tertiary/aromatic N) is 2. The smallest absolute Gasteiger partial charge is 0.261 e. The van der Waals surface area contributed by atoms with E-state index in [1.54, 1.807) is 6.20 Å². The number of hydrogen-bond acceptors (Lipinski definition) is 4. The molecule has 0 aliphatic heterocycles. The number of benzene rings is 1. The van der Waals surface area contributed by atoms with Crippen molar-refractivity contribution < 1.29 is 5.11 Å². The maximum Gasteiger partial charge on any atom is 0.261 e. The Bertz CT molecular complexity index is 931. The summed E-state index contributed by atoms with van der Waals surface area (Å²) in [4.78, 5) is 16.2. The molecule has 2 aromatic heterocycles. The summed E-state index contributed by atoms with van der Waals surface area (Å²) in [6.07, 6.45) is 1.73. The van der Waals surface area contributed by atoms with Gasteiger partial charge in [0.2, 0.25) is 5.88 Å². The van der Waals surface area contributed by atoms with Crippen molar-refractivity contribution in [1.29, 1.82) is 0 Å². The lowest BCUT2D eigenvalue weighted by Crippen LogP contribution is -2.17. The molecule has 0 bridgehead atoms. The highest BCUT2D eigenvalue weighted by atomic mass is 16.3. The number of nitrogens with one attached hydrogen (secondary N) is 1. The molecule has 0 amide bonds. The van der Waals surface area contributed by atoms with Gasteiger partial charge in [0, 0.05) is 17.4 Å². The van der Waals surface area contributed by atoms with Gasteiger partial charge in [-0.15, -0.1) is 0 Å². The lowest BCUT2D eigenvalue weighted by molar-refractivity contribution is 0.452. The van der Waals surface area contributed by atoms with E-state index >= 15 is 0 Å². The van der Waals surface area contributed by atoms with Crippen LogP contribution in [0.15, 0.2) is 47.4 Å². The standard InChI is InChI=1S/C18H19N3O2/c1-11-8-14(13(3)19-15-7-5-4-6-12(15)2)18-20-16(22)9-17(23)21(18)10-11/h4-10,13,19,22H,1-3H3. The zero-order valence-corrected chi connectivity index (χ0v) is 13.4. The number of pyridine rings is 1. The predicted molar refractivity (Wildman–Crippen MR) is 91.1 cm³/mol. The van der Waals surface area contributed by atoms with Crippen molar-refractivity contribution >= 4 is 11.3 Å². The zero-order valence-electron chi connectivity index (χ0n) is 13.4. The Hall–Kier alpha value is -2.82. The van der Waals surface area contributed by atoms with E-state index in [-0.39, 0.29) is 17.5 Å². The molecule has 1 aromatic carbocycles. The summed E-state index contributed by atoms with van der Waals surface area (Å²) in [5, 5.41) is 13.1. The Morgan fingerprint density at radius 2 is 1.96 bits per heavy atom. The van der Waals surface area contributed by atoms with Crippen molar-refractivity contribution in [2.24, 2.45) is 0 Å². The van der Waals surface area contributed by atoms with E-state index in [0.29, 0.717) is 5.65 Å². The van der Waals surface area contributed by atoms with Crippen LogP contribution in [0.3, 0.4) is 0 Å². The topological polar surface area (TPSA) is 66.6 Å². The molecule has 5 nitrogen and oxygen atoms in total. The zero-order chi connectivity index (χ0) is 16.6. The highest BCUT2D eigenvalue weighted by Gasteiger charge is 2.14. The van der Waals surface area contributed by atoms with E-state index in [2.05, 4.69) is 10.3 Å². The summed E-state index contributed by atoms with van der Waals surface area (Å²) in [7, 11) is 0. The molecule has 0 radical (unpaired) electrons. The number of fused-ring (bicyclic) bond motifs is 1. The van der Waals surface area contributed by atoms with E-state index in [1.165, 1.54) is 4.40 Å². The van der Waals surface area contributed by atoms with Crippen molar-refractivity contribution in [1.82, 2.24) is 9.38 Å². The molecule has 1 unspecified atom stereocenters. The van der Waals surface area contributed by atoms with E-state index in [9.17, 15) is 9.90 Å². The fourth-order valence-electron chi connectivity index (χ4n) is 2.72. The minimum Gasteiger partial charge on any atom is -0.493 e. The number of aromatic nitrogens is 2. The van der Waals surface area contributed by atoms with E-state index < -0.39 is 0 Å². The van der Waals surface area contributed by atoms with Gasteiger partial charge in [0.05, 0.1) is 12.1 Å². The van der Waals surface area contributed by atoms with Gasteiger partial charge in [-0.05, 0) is 44.0 Å². The average Bonchev–Trinajstić information content (AvgIpc) is 2.49. The maximum atomic E-state index is 12.1. The Morgan fingerprint density at radius 3 is 2.70 bits per heavy atom. The highest BCUT2D eigenvalue weighted by molar-refractivity contribution is 5.57. The van der Waals surface area contributed by atoms with Crippen molar-refractivity contribution in [3.63, 3.8) is 0 Å². The molecule has 0 saturated heterocycles. The van der Waals surface area contributed by atoms with Crippen molar-refractivity contribution in [3.8, 4) is 5.88 Å². The molecule has 3 rings (SSSR count). The van der Waals surface area contributed by atoms with Gasteiger partial charge in [-0.3, -0.25) is 9.20 Å². The molecule has 118 valence electrons. The van der Waals surface area contributed by atoms with Gasteiger partial charge in [0.25, 0.3) is 5.56 Å². The first kappa shape index (κ1) is 15.1. The number of aryl methyl sites for hydroxylation is 2. The third-order valence-corrected chi connectivity index (χ3v) is 3.90. The number of rotatable bonds is 3. The van der Waals surface area contributed by atoms with Crippen LogP contribution in [-0.2, 0) is 0 Å². The number of aromatic hydroxyl groups is 1. The van der Waals surface area contributed by atoms with Crippen molar-refractivity contribution in [2.45, 2.75) is 26.8 Å². The van der Waals surface area contributed by atoms with E-state index in [4.69, 9.17) is 0 Å². The van der Waals surface area contributed by atoms with Crippen LogP contribution < -0.4 is 10.9 Å². The first-order chi connectivity index (χ1) is 11.0. The largest absolute Gasteiger partial charge is 0.493 e. The summed E-state index contributed by atoms with van der Waals surface area (Å²) in [5.41, 5.74) is 4.17. The van der Waals surface area contributed by atoms with Crippen LogP contribution in [0.25, 0.3) is 5.65 Å². The van der Waals surface area contributed by atoms with Gasteiger partial charge in [-0.1, -0.05) is 18.2 Å². The normalized spacial score (nSPS) is 12.3. The van der Waals surface area contributed by atoms with Gasteiger partial charge in [-0.2, -0.15) is 4.98 Å². The molecule has 0 fully saturated rings. The molecule has 2 N–H and O–H groups in total. The molecular formula is C18H19N3O2. The van der Waals surface area contributed by atoms with Gasteiger partial charge in [-0.25, -0.2) is 0 Å². The second kappa shape index (κ2) is 5.76. The predicted octanol–water partition coefficient (Wildman–Crippen LogP) is 3.19. The second-order valence-corrected chi connectivity index (χ2v) is 5.80. The van der Waals surface area contributed by atoms with E-state index in [1.807, 2.05) is 51.1 Å². The lowest BCUT2D eigenvalue weighted by atomic mass is 10.1. The van der Waals surface area contributed by atoms with Crippen LogP contribution in [0.1, 0.15) is 29.7 Å². The molecule has 1 atom stereocenters. The molecule has 3 aromatic rings. The van der Waals surface area contributed by atoms with Crippen LogP contribution in [-0.4, -0.2) is 14.5 Å². The minimum atomic E-state index is -0.291. The number of hydrogen-bond donors (Lipinski definition) is 2. The van der Waals surface area contributed by atoms with Gasteiger partial charge in [0.1, 0.15) is 5.65 Å². The molecule has 2 heterocycles. The third-order valence-electron chi connectivity index (χ3n) is 3.90. The number of para-hydroxylation sites is 1. The summed E-state index contributed by atoms with van der Waals surface area (Å²) in [6, 6.07) is 11.1. The van der Waals surface area contributed by atoms with Gasteiger partial charge >= 0.3 is 0 Å². The summed E-state index contributed by atoms with van der Waals surface area (Å²) >= 11 is 0. The molecule has 0 saturated carbocycles. The number of anilines is 1. The Morgan fingerprint density at radius 1 is 1.22 bits per heavy atom. The maximum absolute atomic E-state index is 12.1. The Kier molecular flexibility index (Phi) is 3.78. The molecule has 0 aliphatic carbocycles. The molecule has 0 aliphatic rings. The summed E-state index contributed by atoms with van der Waals surface area (Å²) in [6.45, 7) is 5.98. The summed E-state index contributed by atoms with van der Waals surface area (Å²) in [5.74, 6) is -0.261. The van der Waals surface area contributed by atoms with Gasteiger partial charge < -0.3 is 10.4 Å². The van der Waals surface area contributed by atoms with E-state index in [0.717, 1.165) is 28.4 Å². The Balaban J connectivity index is 2.12. The van der Waals surface area contributed by atoms with Crippen LogP contribution in [0.4, 0.5) is 5.69 Å².